The van der Waals surface area contributed by atoms with Crippen LogP contribution in [-0.4, -0.2) is 18.1 Å². The zero-order valence-corrected chi connectivity index (χ0v) is 12.3. The Morgan fingerprint density at radius 1 is 1.44 bits per heavy atom. The first-order valence-corrected chi connectivity index (χ1v) is 7.05. The van der Waals surface area contributed by atoms with Crippen molar-refractivity contribution >= 4 is 22.9 Å². The number of nitrogens with two attached hydrogens (primary N) is 1. The Morgan fingerprint density at radius 2 is 2.17 bits per heavy atom. The van der Waals surface area contributed by atoms with Gasteiger partial charge in [0.25, 0.3) is 0 Å². The van der Waals surface area contributed by atoms with Gasteiger partial charge in [0.2, 0.25) is 0 Å². The molecule has 1 heterocycles. The van der Waals surface area contributed by atoms with Gasteiger partial charge in [-0.25, -0.2) is 0 Å². The Labute approximate surface area is 115 Å². The third-order valence-corrected chi connectivity index (χ3v) is 4.15. The van der Waals surface area contributed by atoms with E-state index >= 15 is 0 Å². The number of hydrogen-bond acceptors (Lipinski definition) is 2. The zero-order valence-electron chi connectivity index (χ0n) is 11.4. The average Bonchev–Trinajstić information content (AvgIpc) is 2.78. The number of anilines is 1. The third-order valence-electron chi connectivity index (χ3n) is 3.93. The second kappa shape index (κ2) is 5.27. The maximum Gasteiger partial charge on any atom is 0.106 e. The largest absolute Gasteiger partial charge is 0.389 e. The SMILES string of the molecule is Cc1ccc(N2CCC(C(C)C)C2)c(C(N)=S)c1. The van der Waals surface area contributed by atoms with Gasteiger partial charge in [-0.05, 0) is 37.3 Å². The molecule has 0 spiro atoms. The quantitative estimate of drug-likeness (QED) is 0.849. The van der Waals surface area contributed by atoms with Crippen LogP contribution in [-0.2, 0) is 0 Å². The van der Waals surface area contributed by atoms with Crippen LogP contribution in [0.15, 0.2) is 18.2 Å². The van der Waals surface area contributed by atoms with Gasteiger partial charge in [-0.3, -0.25) is 0 Å². The molecule has 0 radical (unpaired) electrons. The van der Waals surface area contributed by atoms with Crippen LogP contribution in [0, 0.1) is 18.8 Å². The van der Waals surface area contributed by atoms with E-state index in [-0.39, 0.29) is 0 Å². The van der Waals surface area contributed by atoms with Gasteiger partial charge in [0, 0.05) is 24.3 Å². The molecule has 2 rings (SSSR count). The normalized spacial score (nSPS) is 19.6. The highest BCUT2D eigenvalue weighted by Crippen LogP contribution is 2.30. The van der Waals surface area contributed by atoms with Crippen LogP contribution in [0.3, 0.4) is 0 Å². The summed E-state index contributed by atoms with van der Waals surface area (Å²) in [5, 5.41) is 0. The van der Waals surface area contributed by atoms with E-state index in [2.05, 4.69) is 43.9 Å². The van der Waals surface area contributed by atoms with Crippen molar-refractivity contribution in [2.45, 2.75) is 27.2 Å². The zero-order chi connectivity index (χ0) is 13.3. The molecule has 1 aliphatic heterocycles. The van der Waals surface area contributed by atoms with Crippen molar-refractivity contribution in [1.29, 1.82) is 0 Å². The fourth-order valence-corrected chi connectivity index (χ4v) is 2.84. The molecule has 0 aliphatic carbocycles. The Balaban J connectivity index is 2.27. The van der Waals surface area contributed by atoms with Crippen molar-refractivity contribution in [3.05, 3.63) is 29.3 Å². The lowest BCUT2D eigenvalue weighted by Gasteiger charge is -2.23. The van der Waals surface area contributed by atoms with E-state index in [1.807, 2.05) is 0 Å². The fourth-order valence-electron chi connectivity index (χ4n) is 2.67. The van der Waals surface area contributed by atoms with E-state index < -0.39 is 0 Å². The molecule has 1 aromatic rings. The summed E-state index contributed by atoms with van der Waals surface area (Å²) in [4.78, 5) is 2.93. The van der Waals surface area contributed by atoms with Gasteiger partial charge in [-0.1, -0.05) is 37.7 Å². The topological polar surface area (TPSA) is 29.3 Å². The predicted molar refractivity (Wildman–Crippen MR) is 82.2 cm³/mol. The molecule has 18 heavy (non-hydrogen) atoms. The fraction of sp³-hybridized carbons (Fsp3) is 0.533. The van der Waals surface area contributed by atoms with Crippen LogP contribution in [0.25, 0.3) is 0 Å². The number of hydrogen-bond donors (Lipinski definition) is 1. The number of aryl methyl sites for hydroxylation is 1. The molecule has 0 bridgehead atoms. The summed E-state index contributed by atoms with van der Waals surface area (Å²) in [6, 6.07) is 6.40. The van der Waals surface area contributed by atoms with E-state index in [0.717, 1.165) is 30.5 Å². The lowest BCUT2D eigenvalue weighted by atomic mass is 9.95. The van der Waals surface area contributed by atoms with Gasteiger partial charge < -0.3 is 10.6 Å². The number of thiocarbonyl (C=S) groups is 1. The van der Waals surface area contributed by atoms with Crippen LogP contribution in [0.5, 0.6) is 0 Å². The molecular weight excluding hydrogens is 240 g/mol. The minimum atomic E-state index is 0.502. The Kier molecular flexibility index (Phi) is 3.91. The maximum absolute atomic E-state index is 5.85. The molecule has 1 atom stereocenters. The summed E-state index contributed by atoms with van der Waals surface area (Å²) < 4.78 is 0. The lowest BCUT2D eigenvalue weighted by Crippen LogP contribution is -2.24. The third kappa shape index (κ3) is 2.66. The lowest BCUT2D eigenvalue weighted by molar-refractivity contribution is 0.423. The van der Waals surface area contributed by atoms with Crippen molar-refractivity contribution in [2.24, 2.45) is 17.6 Å². The smallest absolute Gasteiger partial charge is 0.106 e. The van der Waals surface area contributed by atoms with Crippen LogP contribution in [0.2, 0.25) is 0 Å². The van der Waals surface area contributed by atoms with Gasteiger partial charge in [0.15, 0.2) is 0 Å². The van der Waals surface area contributed by atoms with Crippen LogP contribution >= 0.6 is 12.2 Å². The van der Waals surface area contributed by atoms with Crippen LogP contribution in [0.4, 0.5) is 5.69 Å². The predicted octanol–water partition coefficient (Wildman–Crippen LogP) is 3.11. The minimum absolute atomic E-state index is 0.502. The first-order chi connectivity index (χ1) is 8.49. The highest BCUT2D eigenvalue weighted by Gasteiger charge is 2.26. The maximum atomic E-state index is 5.85. The van der Waals surface area contributed by atoms with E-state index in [1.54, 1.807) is 0 Å². The van der Waals surface area contributed by atoms with Crippen molar-refractivity contribution in [3.63, 3.8) is 0 Å². The molecule has 2 N–H and O–H groups in total. The van der Waals surface area contributed by atoms with Gasteiger partial charge in [0.05, 0.1) is 0 Å². The Hall–Kier alpha value is -1.09. The van der Waals surface area contributed by atoms with Crippen LogP contribution in [0.1, 0.15) is 31.4 Å². The Morgan fingerprint density at radius 3 is 2.72 bits per heavy atom. The number of nitrogens with zero attached hydrogens (tertiary/aromatic N) is 1. The van der Waals surface area contributed by atoms with Crippen molar-refractivity contribution in [3.8, 4) is 0 Å². The summed E-state index contributed by atoms with van der Waals surface area (Å²) in [7, 11) is 0. The first-order valence-electron chi connectivity index (χ1n) is 6.64. The summed E-state index contributed by atoms with van der Waals surface area (Å²) >= 11 is 5.18. The number of rotatable bonds is 3. The van der Waals surface area contributed by atoms with Gasteiger partial charge >= 0.3 is 0 Å². The number of benzene rings is 1. The van der Waals surface area contributed by atoms with Crippen LogP contribution < -0.4 is 10.6 Å². The summed E-state index contributed by atoms with van der Waals surface area (Å²) in [5.74, 6) is 1.53. The molecule has 2 nitrogen and oxygen atoms in total. The molecule has 1 unspecified atom stereocenters. The van der Waals surface area contributed by atoms with Gasteiger partial charge in [-0.2, -0.15) is 0 Å². The molecule has 98 valence electrons. The molecule has 3 heteroatoms. The Bertz CT molecular complexity index is 454. The highest BCUT2D eigenvalue weighted by molar-refractivity contribution is 7.80. The summed E-state index contributed by atoms with van der Waals surface area (Å²) in [5.41, 5.74) is 9.29. The van der Waals surface area contributed by atoms with Crippen molar-refractivity contribution < 1.29 is 0 Å². The molecule has 1 aromatic carbocycles. The summed E-state index contributed by atoms with van der Waals surface area (Å²) in [6.45, 7) is 8.92. The molecule has 1 fully saturated rings. The average molecular weight is 262 g/mol. The van der Waals surface area contributed by atoms with Crippen molar-refractivity contribution in [1.82, 2.24) is 0 Å². The van der Waals surface area contributed by atoms with Crippen molar-refractivity contribution in [2.75, 3.05) is 18.0 Å². The highest BCUT2D eigenvalue weighted by atomic mass is 32.1. The minimum Gasteiger partial charge on any atom is -0.389 e. The van der Waals surface area contributed by atoms with E-state index in [0.29, 0.717) is 4.99 Å². The van der Waals surface area contributed by atoms with Gasteiger partial charge in [-0.15, -0.1) is 0 Å². The molecule has 1 saturated heterocycles. The summed E-state index contributed by atoms with van der Waals surface area (Å²) in [6.07, 6.45) is 1.27. The van der Waals surface area contributed by atoms with E-state index in [1.165, 1.54) is 17.7 Å². The molecule has 0 saturated carbocycles. The monoisotopic (exact) mass is 262 g/mol. The molecule has 1 aliphatic rings. The second-order valence-electron chi connectivity index (χ2n) is 5.62. The standard InChI is InChI=1S/C15H22N2S/c1-10(2)12-6-7-17(9-12)14-5-4-11(3)8-13(14)15(16)18/h4-5,8,10,12H,6-7,9H2,1-3H3,(H2,16,18). The van der Waals surface area contributed by atoms with E-state index in [4.69, 9.17) is 18.0 Å². The van der Waals surface area contributed by atoms with E-state index in [9.17, 15) is 0 Å². The first kappa shape index (κ1) is 13.3. The molecule has 0 aromatic heterocycles. The molecular formula is C15H22N2S. The van der Waals surface area contributed by atoms with Gasteiger partial charge in [0.1, 0.15) is 4.99 Å². The molecule has 0 amide bonds. The second-order valence-corrected chi connectivity index (χ2v) is 6.06.